The van der Waals surface area contributed by atoms with E-state index in [2.05, 4.69) is 30.9 Å². The Morgan fingerprint density at radius 3 is 2.46 bits per heavy atom. The van der Waals surface area contributed by atoms with Crippen LogP contribution >= 0.6 is 0 Å². The van der Waals surface area contributed by atoms with Crippen LogP contribution in [0.25, 0.3) is 28.2 Å². The molecule has 204 valence electrons. The topological polar surface area (TPSA) is 103 Å². The summed E-state index contributed by atoms with van der Waals surface area (Å²) in [5.41, 5.74) is 6.77. The molecule has 0 atom stereocenters. The van der Waals surface area contributed by atoms with E-state index in [1.807, 2.05) is 66.7 Å². The molecule has 1 aliphatic rings. The molecule has 0 saturated heterocycles. The Hall–Kier alpha value is -3.08. The minimum atomic E-state index is -0.595. The molecular formula is C32H31KN4O4. The Kier molecular flexibility index (Phi) is 8.63. The van der Waals surface area contributed by atoms with Gasteiger partial charge in [0.05, 0.1) is 11.4 Å². The van der Waals surface area contributed by atoms with E-state index in [-0.39, 0.29) is 62.5 Å². The number of fused-ring (bicyclic) bond motifs is 1. The Morgan fingerprint density at radius 2 is 1.76 bits per heavy atom. The van der Waals surface area contributed by atoms with E-state index < -0.39 is 5.76 Å². The molecule has 0 bridgehead atoms. The van der Waals surface area contributed by atoms with Crippen molar-refractivity contribution in [2.75, 3.05) is 0 Å². The summed E-state index contributed by atoms with van der Waals surface area (Å²) in [6.45, 7) is 6.22. The van der Waals surface area contributed by atoms with Crippen molar-refractivity contribution in [2.45, 2.75) is 52.1 Å². The van der Waals surface area contributed by atoms with Crippen LogP contribution in [-0.2, 0) is 19.3 Å². The van der Waals surface area contributed by atoms with Gasteiger partial charge in [-0.25, -0.2) is 9.78 Å². The van der Waals surface area contributed by atoms with Crippen molar-refractivity contribution >= 4 is 51.4 Å². The summed E-state index contributed by atoms with van der Waals surface area (Å²) in [4.78, 5) is 32.7. The zero-order chi connectivity index (χ0) is 27.9. The van der Waals surface area contributed by atoms with Crippen LogP contribution in [0.4, 0.5) is 0 Å². The van der Waals surface area contributed by atoms with Crippen LogP contribution in [-0.4, -0.2) is 76.7 Å². The van der Waals surface area contributed by atoms with E-state index in [1.54, 1.807) is 10.9 Å². The Morgan fingerprint density at radius 1 is 1.00 bits per heavy atom. The standard InChI is InChI=1S/C32H30N4O4.K.H/c1-4-7-27-26(30(37)36(19-33-27)23-14-15-28-22(17-23)18-32(2,3)39-28)16-20-10-12-21(13-11-20)24-8-5-6-9-25(24)29-34-31(38)40-35-29;;/h5-6,8-15,17,19H,4,7,16,18H2,1-3H3,(H,34,35,38);;. The molecule has 9 heteroatoms. The fourth-order valence-corrected chi connectivity index (χ4v) is 5.38. The van der Waals surface area contributed by atoms with Crippen LogP contribution < -0.4 is 16.1 Å². The number of aromatic amines is 1. The average Bonchev–Trinajstić information content (AvgIpc) is 3.51. The number of hydrogen-bond donors (Lipinski definition) is 1. The normalized spacial score (nSPS) is 13.3. The number of nitrogens with zero attached hydrogens (tertiary/aromatic N) is 3. The molecule has 0 aliphatic carbocycles. The monoisotopic (exact) mass is 574 g/mol. The van der Waals surface area contributed by atoms with Crippen molar-refractivity contribution in [1.29, 1.82) is 0 Å². The summed E-state index contributed by atoms with van der Waals surface area (Å²) in [5.74, 6) is 0.655. The zero-order valence-corrected chi connectivity index (χ0v) is 22.7. The molecule has 0 spiro atoms. The molecule has 3 heterocycles. The first-order valence-corrected chi connectivity index (χ1v) is 13.5. The van der Waals surface area contributed by atoms with Gasteiger partial charge in [0.2, 0.25) is 0 Å². The quantitative estimate of drug-likeness (QED) is 0.279. The van der Waals surface area contributed by atoms with Crippen LogP contribution in [0.2, 0.25) is 0 Å². The van der Waals surface area contributed by atoms with E-state index in [4.69, 9.17) is 14.2 Å². The van der Waals surface area contributed by atoms with Gasteiger partial charge in [0.25, 0.3) is 5.56 Å². The third-order valence-corrected chi connectivity index (χ3v) is 7.23. The molecule has 8 nitrogen and oxygen atoms in total. The molecule has 2 aromatic heterocycles. The number of benzene rings is 3. The second kappa shape index (κ2) is 12.0. The van der Waals surface area contributed by atoms with Crippen LogP contribution in [0.3, 0.4) is 0 Å². The zero-order valence-electron chi connectivity index (χ0n) is 22.7. The molecule has 0 saturated carbocycles. The van der Waals surface area contributed by atoms with E-state index in [9.17, 15) is 9.59 Å². The number of aryl methyl sites for hydroxylation is 1. The minimum absolute atomic E-state index is 0. The van der Waals surface area contributed by atoms with Gasteiger partial charge in [0.1, 0.15) is 17.7 Å². The van der Waals surface area contributed by atoms with Gasteiger partial charge in [-0.05, 0) is 55.2 Å². The molecule has 0 radical (unpaired) electrons. The molecule has 5 aromatic rings. The van der Waals surface area contributed by atoms with Crippen molar-refractivity contribution < 1.29 is 9.26 Å². The molecule has 6 rings (SSSR count). The Bertz CT molecular complexity index is 1820. The fourth-order valence-electron chi connectivity index (χ4n) is 5.38. The molecule has 1 aliphatic heterocycles. The van der Waals surface area contributed by atoms with Crippen LogP contribution in [0.5, 0.6) is 5.75 Å². The predicted octanol–water partition coefficient (Wildman–Crippen LogP) is 4.85. The molecule has 0 fully saturated rings. The summed E-state index contributed by atoms with van der Waals surface area (Å²) >= 11 is 0. The first-order valence-electron chi connectivity index (χ1n) is 13.5. The number of rotatable bonds is 7. The predicted molar refractivity (Wildman–Crippen MR) is 160 cm³/mol. The summed E-state index contributed by atoms with van der Waals surface area (Å²) in [6.07, 6.45) is 4.55. The van der Waals surface area contributed by atoms with E-state index in [0.29, 0.717) is 17.8 Å². The van der Waals surface area contributed by atoms with Crippen LogP contribution in [0.1, 0.15) is 49.6 Å². The first-order chi connectivity index (χ1) is 19.3. The van der Waals surface area contributed by atoms with Crippen molar-refractivity contribution in [1.82, 2.24) is 19.7 Å². The number of ether oxygens (including phenoxy) is 1. The van der Waals surface area contributed by atoms with Gasteiger partial charge in [0, 0.05) is 29.5 Å². The number of hydrogen-bond acceptors (Lipinski definition) is 6. The van der Waals surface area contributed by atoms with Gasteiger partial charge in [-0.3, -0.25) is 18.9 Å². The van der Waals surface area contributed by atoms with Gasteiger partial charge >= 0.3 is 57.1 Å². The number of H-pyrrole nitrogens is 1. The SMILES string of the molecule is CCCc1ncn(-c2ccc3c(c2)CC(C)(C)O3)c(=O)c1Cc1ccc(-c2ccccc2-c2noc(=O)[nH]2)cc1.[KH]. The van der Waals surface area contributed by atoms with Gasteiger partial charge in [-0.15, -0.1) is 0 Å². The van der Waals surface area contributed by atoms with Gasteiger partial charge in [-0.1, -0.05) is 67.0 Å². The molecular weight excluding hydrogens is 543 g/mol. The fraction of sp³-hybridized carbons (Fsp3) is 0.250. The third kappa shape index (κ3) is 6.10. The molecule has 0 amide bonds. The van der Waals surface area contributed by atoms with E-state index in [0.717, 1.165) is 64.2 Å². The number of nitrogens with one attached hydrogen (secondary N) is 1. The summed E-state index contributed by atoms with van der Waals surface area (Å²) in [5, 5.41) is 3.85. The Labute approximate surface area is 280 Å². The van der Waals surface area contributed by atoms with E-state index in [1.165, 1.54) is 0 Å². The van der Waals surface area contributed by atoms with Crippen molar-refractivity contribution in [3.05, 3.63) is 116 Å². The first kappa shape index (κ1) is 29.4. The number of aromatic nitrogens is 4. The van der Waals surface area contributed by atoms with Crippen molar-refractivity contribution in [2.24, 2.45) is 0 Å². The van der Waals surface area contributed by atoms with Crippen molar-refractivity contribution in [3.63, 3.8) is 0 Å². The third-order valence-electron chi connectivity index (χ3n) is 7.23. The second-order valence-electron chi connectivity index (χ2n) is 10.8. The molecule has 3 aromatic carbocycles. The molecule has 1 N–H and O–H groups in total. The summed E-state index contributed by atoms with van der Waals surface area (Å²) in [7, 11) is 0. The van der Waals surface area contributed by atoms with Gasteiger partial charge in [0.15, 0.2) is 5.82 Å². The molecule has 41 heavy (non-hydrogen) atoms. The second-order valence-corrected chi connectivity index (χ2v) is 10.8. The van der Waals surface area contributed by atoms with Crippen LogP contribution in [0.15, 0.2) is 87.2 Å². The summed E-state index contributed by atoms with van der Waals surface area (Å²) < 4.78 is 12.4. The maximum absolute atomic E-state index is 13.8. The van der Waals surface area contributed by atoms with Gasteiger partial charge < -0.3 is 4.74 Å². The van der Waals surface area contributed by atoms with E-state index >= 15 is 0 Å². The average molecular weight is 575 g/mol. The summed E-state index contributed by atoms with van der Waals surface area (Å²) in [6, 6.07) is 21.7. The Balaban J connectivity index is 0.00000337. The van der Waals surface area contributed by atoms with Gasteiger partial charge in [-0.2, -0.15) is 0 Å². The van der Waals surface area contributed by atoms with Crippen molar-refractivity contribution in [3.8, 4) is 34.0 Å². The molecule has 0 unspecified atom stereocenters. The maximum atomic E-state index is 13.8. The van der Waals surface area contributed by atoms with Crippen LogP contribution in [0, 0.1) is 0 Å².